The lowest BCUT2D eigenvalue weighted by atomic mass is 10.0. The maximum Gasteiger partial charge on any atom is 0.223 e. The zero-order valence-corrected chi connectivity index (χ0v) is 14.6. The number of hydrogen-bond donors (Lipinski definition) is 2. The maximum atomic E-state index is 6.32. The largest absolute Gasteiger partial charge is 0.398 e. The molecule has 1 atom stereocenters. The minimum absolute atomic E-state index is 0.309. The number of anilines is 1. The van der Waals surface area contributed by atoms with Crippen molar-refractivity contribution in [3.8, 4) is 0 Å². The maximum absolute atomic E-state index is 6.32. The number of benzene rings is 1. The lowest BCUT2D eigenvalue weighted by Crippen LogP contribution is -2.23. The van der Waals surface area contributed by atoms with Crippen molar-refractivity contribution < 1.29 is 0 Å². The van der Waals surface area contributed by atoms with Crippen LogP contribution in [0, 0.1) is 12.8 Å². The highest BCUT2D eigenvalue weighted by Crippen LogP contribution is 2.22. The van der Waals surface area contributed by atoms with Gasteiger partial charge in [-0.15, -0.1) is 0 Å². The molecule has 23 heavy (non-hydrogen) atoms. The highest BCUT2D eigenvalue weighted by Gasteiger charge is 2.10. The van der Waals surface area contributed by atoms with Crippen LogP contribution in [-0.4, -0.2) is 16.0 Å². The average Bonchev–Trinajstić information content (AvgIpc) is 2.54. The summed E-state index contributed by atoms with van der Waals surface area (Å²) in [6.45, 7) is 10.5. The summed E-state index contributed by atoms with van der Waals surface area (Å²) in [5.74, 6) is 1.15. The molecule has 1 heterocycles. The Morgan fingerprint density at radius 3 is 2.35 bits per heavy atom. The minimum atomic E-state index is 0.309. The third-order valence-corrected chi connectivity index (χ3v) is 4.16. The Bertz CT molecular complexity index is 687. The van der Waals surface area contributed by atoms with E-state index in [1.54, 1.807) is 6.20 Å². The zero-order chi connectivity index (χ0) is 17.0. The average molecular weight is 310 g/mol. The van der Waals surface area contributed by atoms with E-state index in [-0.39, 0.29) is 0 Å². The quantitative estimate of drug-likeness (QED) is 0.873. The van der Waals surface area contributed by atoms with Gasteiger partial charge in [0, 0.05) is 17.9 Å². The van der Waals surface area contributed by atoms with Gasteiger partial charge in [0.05, 0.1) is 5.69 Å². The van der Waals surface area contributed by atoms with E-state index in [1.807, 2.05) is 25.1 Å². The van der Waals surface area contributed by atoms with Gasteiger partial charge in [-0.2, -0.15) is 0 Å². The second-order valence-corrected chi connectivity index (χ2v) is 6.35. The first-order chi connectivity index (χ1) is 10.9. The molecule has 0 fully saturated rings. The fourth-order valence-electron chi connectivity index (χ4n) is 2.09. The topological polar surface area (TPSA) is 63.8 Å². The van der Waals surface area contributed by atoms with Gasteiger partial charge in [-0.1, -0.05) is 43.7 Å². The van der Waals surface area contributed by atoms with Crippen LogP contribution in [0.3, 0.4) is 0 Å². The summed E-state index contributed by atoms with van der Waals surface area (Å²) >= 11 is 0. The lowest BCUT2D eigenvalue weighted by Gasteiger charge is -2.17. The second kappa shape index (κ2) is 7.27. The van der Waals surface area contributed by atoms with Gasteiger partial charge >= 0.3 is 0 Å². The van der Waals surface area contributed by atoms with Crippen LogP contribution in [0.25, 0.3) is 11.3 Å². The standard InChI is InChI=1S/C19H26N4/c1-12(2)15(5)22-19-21-11-10-17(23-19)14(4)18(20)16-8-6-13(3)7-9-16/h6-12,15H,20H2,1-5H3,(H,21,22,23)/b18-14+/t15-/m0/s1. The number of hydrogen-bond acceptors (Lipinski definition) is 4. The predicted octanol–water partition coefficient (Wildman–Crippen LogP) is 4.09. The van der Waals surface area contributed by atoms with Gasteiger partial charge < -0.3 is 11.1 Å². The Morgan fingerprint density at radius 2 is 1.74 bits per heavy atom. The van der Waals surface area contributed by atoms with Gasteiger partial charge in [-0.3, -0.25) is 0 Å². The Labute approximate surface area is 138 Å². The van der Waals surface area contributed by atoms with E-state index >= 15 is 0 Å². The highest BCUT2D eigenvalue weighted by molar-refractivity contribution is 5.87. The number of nitrogens with one attached hydrogen (secondary N) is 1. The van der Waals surface area contributed by atoms with Crippen LogP contribution >= 0.6 is 0 Å². The van der Waals surface area contributed by atoms with Crippen molar-refractivity contribution in [2.75, 3.05) is 5.32 Å². The van der Waals surface area contributed by atoms with Gasteiger partial charge in [0.2, 0.25) is 5.95 Å². The van der Waals surface area contributed by atoms with Crippen molar-refractivity contribution in [2.45, 2.75) is 40.7 Å². The summed E-state index contributed by atoms with van der Waals surface area (Å²) < 4.78 is 0. The molecule has 0 spiro atoms. The molecule has 0 saturated heterocycles. The van der Waals surface area contributed by atoms with Gasteiger partial charge in [0.1, 0.15) is 0 Å². The Kier molecular flexibility index (Phi) is 5.37. The van der Waals surface area contributed by atoms with Crippen LogP contribution in [0.1, 0.15) is 44.5 Å². The van der Waals surface area contributed by atoms with E-state index in [0.29, 0.717) is 17.9 Å². The highest BCUT2D eigenvalue weighted by atomic mass is 15.1. The van der Waals surface area contributed by atoms with Crippen LogP contribution in [-0.2, 0) is 0 Å². The fourth-order valence-corrected chi connectivity index (χ4v) is 2.09. The molecule has 0 aliphatic carbocycles. The van der Waals surface area contributed by atoms with E-state index in [9.17, 15) is 0 Å². The lowest BCUT2D eigenvalue weighted by molar-refractivity contribution is 0.556. The third kappa shape index (κ3) is 4.31. The van der Waals surface area contributed by atoms with Crippen molar-refractivity contribution in [2.24, 2.45) is 11.7 Å². The summed E-state index contributed by atoms with van der Waals surface area (Å²) in [4.78, 5) is 8.90. The van der Waals surface area contributed by atoms with Crippen molar-refractivity contribution >= 4 is 17.2 Å². The monoisotopic (exact) mass is 310 g/mol. The molecule has 0 unspecified atom stereocenters. The van der Waals surface area contributed by atoms with Crippen molar-refractivity contribution in [3.05, 3.63) is 53.3 Å². The molecule has 0 radical (unpaired) electrons. The molecule has 4 nitrogen and oxygen atoms in total. The molecule has 4 heteroatoms. The molecule has 122 valence electrons. The van der Waals surface area contributed by atoms with E-state index in [1.165, 1.54) is 5.56 Å². The molecule has 3 N–H and O–H groups in total. The zero-order valence-electron chi connectivity index (χ0n) is 14.6. The third-order valence-electron chi connectivity index (χ3n) is 4.16. The predicted molar refractivity (Wildman–Crippen MR) is 97.8 cm³/mol. The molecule has 0 saturated carbocycles. The summed E-state index contributed by atoms with van der Waals surface area (Å²) in [7, 11) is 0. The molecular formula is C19H26N4. The minimum Gasteiger partial charge on any atom is -0.398 e. The number of aromatic nitrogens is 2. The van der Waals surface area contributed by atoms with Crippen LogP contribution in [0.15, 0.2) is 36.5 Å². The molecule has 2 aromatic rings. The Hall–Kier alpha value is -2.36. The van der Waals surface area contributed by atoms with E-state index in [2.05, 4.69) is 55.1 Å². The second-order valence-electron chi connectivity index (χ2n) is 6.35. The van der Waals surface area contributed by atoms with Crippen LogP contribution in [0.2, 0.25) is 0 Å². The molecular weight excluding hydrogens is 284 g/mol. The van der Waals surface area contributed by atoms with Crippen LogP contribution in [0.5, 0.6) is 0 Å². The summed E-state index contributed by atoms with van der Waals surface area (Å²) in [6, 6.07) is 10.4. The number of aryl methyl sites for hydroxylation is 1. The Balaban J connectivity index is 2.29. The van der Waals surface area contributed by atoms with Crippen molar-refractivity contribution in [1.29, 1.82) is 0 Å². The number of allylic oxidation sites excluding steroid dienone is 1. The fraction of sp³-hybridized carbons (Fsp3) is 0.368. The number of nitrogens with zero attached hydrogens (tertiary/aromatic N) is 2. The molecule has 1 aromatic heterocycles. The summed E-state index contributed by atoms with van der Waals surface area (Å²) in [5, 5.41) is 3.34. The van der Waals surface area contributed by atoms with Gasteiger partial charge in [-0.25, -0.2) is 9.97 Å². The van der Waals surface area contributed by atoms with Crippen LogP contribution < -0.4 is 11.1 Å². The van der Waals surface area contributed by atoms with Crippen LogP contribution in [0.4, 0.5) is 5.95 Å². The SMILES string of the molecule is C/C(=C(\N)c1ccc(C)cc1)c1ccnc(N[C@@H](C)C(C)C)n1. The number of rotatable bonds is 5. The number of nitrogens with two attached hydrogens (primary N) is 1. The molecule has 0 aliphatic rings. The van der Waals surface area contributed by atoms with Gasteiger partial charge in [0.15, 0.2) is 0 Å². The van der Waals surface area contributed by atoms with Crippen molar-refractivity contribution in [1.82, 2.24) is 9.97 Å². The first-order valence-corrected chi connectivity index (χ1v) is 8.02. The first-order valence-electron chi connectivity index (χ1n) is 8.02. The van der Waals surface area contributed by atoms with Gasteiger partial charge in [0.25, 0.3) is 0 Å². The van der Waals surface area contributed by atoms with E-state index in [0.717, 1.165) is 22.5 Å². The normalized spacial score (nSPS) is 13.7. The Morgan fingerprint density at radius 1 is 1.09 bits per heavy atom. The molecule has 0 aliphatic heterocycles. The van der Waals surface area contributed by atoms with E-state index < -0.39 is 0 Å². The summed E-state index contributed by atoms with van der Waals surface area (Å²) in [5.41, 5.74) is 11.1. The van der Waals surface area contributed by atoms with Crippen molar-refractivity contribution in [3.63, 3.8) is 0 Å². The first kappa shape index (κ1) is 17.0. The molecule has 0 amide bonds. The van der Waals surface area contributed by atoms with E-state index in [4.69, 9.17) is 5.73 Å². The molecule has 1 aromatic carbocycles. The van der Waals surface area contributed by atoms with Gasteiger partial charge in [-0.05, 0) is 43.9 Å². The molecule has 2 rings (SSSR count). The summed E-state index contributed by atoms with van der Waals surface area (Å²) in [6.07, 6.45) is 1.77. The smallest absolute Gasteiger partial charge is 0.223 e. The molecule has 0 bridgehead atoms.